The molecule has 2 aromatic rings. The fourth-order valence-electron chi connectivity index (χ4n) is 2.22. The molecule has 1 heterocycles. The van der Waals surface area contributed by atoms with Crippen molar-refractivity contribution in [1.29, 1.82) is 0 Å². The Morgan fingerprint density at radius 3 is 2.36 bits per heavy atom. The van der Waals surface area contributed by atoms with Gasteiger partial charge in [0.1, 0.15) is 10.0 Å². The summed E-state index contributed by atoms with van der Waals surface area (Å²) in [6.45, 7) is 5.80. The molecule has 0 bridgehead atoms. The van der Waals surface area contributed by atoms with Gasteiger partial charge in [0.2, 0.25) is 0 Å². The van der Waals surface area contributed by atoms with Gasteiger partial charge in [0, 0.05) is 30.5 Å². The van der Waals surface area contributed by atoms with Gasteiger partial charge in [-0.15, -0.1) is 4.83 Å². The number of aromatic nitrogens is 1. The van der Waals surface area contributed by atoms with Crippen LogP contribution in [0.4, 0.5) is 5.69 Å². The summed E-state index contributed by atoms with van der Waals surface area (Å²) in [6.07, 6.45) is 1.37. The highest BCUT2D eigenvalue weighted by Gasteiger charge is 2.19. The second-order valence-electron chi connectivity index (χ2n) is 5.07. The van der Waals surface area contributed by atoms with Crippen molar-refractivity contribution in [3.63, 3.8) is 0 Å². The predicted octanol–water partition coefficient (Wildman–Crippen LogP) is 2.20. The zero-order valence-corrected chi connectivity index (χ0v) is 15.4. The first kappa shape index (κ1) is 19.2. The molecule has 1 amide bonds. The monoisotopic (exact) mass is 382 g/mol. The number of nitrogens with zero attached hydrogens (tertiary/aromatic N) is 2. The van der Waals surface area contributed by atoms with Crippen LogP contribution in [-0.4, -0.2) is 32.4 Å². The molecular formula is C16H19ClN4O3S. The molecule has 1 aromatic heterocycles. The van der Waals surface area contributed by atoms with E-state index in [9.17, 15) is 13.2 Å². The van der Waals surface area contributed by atoms with Gasteiger partial charge in [0.25, 0.3) is 15.9 Å². The third-order valence-corrected chi connectivity index (χ3v) is 5.26. The Hall–Kier alpha value is -2.16. The van der Waals surface area contributed by atoms with E-state index in [-0.39, 0.29) is 10.0 Å². The van der Waals surface area contributed by atoms with Gasteiger partial charge in [-0.2, -0.15) is 0 Å². The lowest BCUT2D eigenvalue weighted by molar-refractivity contribution is 0.0945. The topological polar surface area (TPSA) is 91.4 Å². The van der Waals surface area contributed by atoms with Crippen LogP contribution in [-0.2, 0) is 10.0 Å². The quantitative estimate of drug-likeness (QED) is 0.565. The Labute approximate surface area is 152 Å². The van der Waals surface area contributed by atoms with E-state index < -0.39 is 15.9 Å². The van der Waals surface area contributed by atoms with Crippen LogP contribution >= 0.6 is 11.6 Å². The molecule has 0 saturated heterocycles. The Bertz CT molecular complexity index is 837. The number of carbonyl (C=O) groups is 1. The summed E-state index contributed by atoms with van der Waals surface area (Å²) in [7, 11) is -4.01. The molecule has 0 unspecified atom stereocenters. The van der Waals surface area contributed by atoms with Crippen molar-refractivity contribution < 1.29 is 13.2 Å². The molecule has 0 aliphatic heterocycles. The maximum atomic E-state index is 12.2. The number of hydrogen-bond acceptors (Lipinski definition) is 5. The summed E-state index contributed by atoms with van der Waals surface area (Å²) in [5.41, 5.74) is 3.48. The second kappa shape index (κ2) is 8.28. The molecule has 1 aromatic carbocycles. The Morgan fingerprint density at radius 1 is 1.16 bits per heavy atom. The lowest BCUT2D eigenvalue weighted by atomic mass is 10.2. The minimum absolute atomic E-state index is 0.173. The van der Waals surface area contributed by atoms with E-state index in [4.69, 9.17) is 11.6 Å². The molecular weight excluding hydrogens is 364 g/mol. The van der Waals surface area contributed by atoms with Crippen LogP contribution in [0, 0.1) is 0 Å². The third-order valence-electron chi connectivity index (χ3n) is 3.57. The fraction of sp³-hybridized carbons (Fsp3) is 0.250. The first-order valence-corrected chi connectivity index (χ1v) is 9.52. The van der Waals surface area contributed by atoms with E-state index in [0.29, 0.717) is 5.56 Å². The fourth-order valence-corrected chi connectivity index (χ4v) is 3.52. The minimum atomic E-state index is -4.01. The van der Waals surface area contributed by atoms with Crippen LogP contribution in [0.3, 0.4) is 0 Å². The zero-order chi connectivity index (χ0) is 18.4. The summed E-state index contributed by atoms with van der Waals surface area (Å²) in [5, 5.41) is -0.173. The molecule has 9 heteroatoms. The van der Waals surface area contributed by atoms with Crippen LogP contribution in [0.2, 0.25) is 5.15 Å². The first-order valence-electron chi connectivity index (χ1n) is 7.66. The van der Waals surface area contributed by atoms with Crippen LogP contribution < -0.4 is 15.2 Å². The van der Waals surface area contributed by atoms with Crippen LogP contribution in [0.1, 0.15) is 24.2 Å². The van der Waals surface area contributed by atoms with Gasteiger partial charge >= 0.3 is 0 Å². The maximum absolute atomic E-state index is 12.2. The van der Waals surface area contributed by atoms with Crippen molar-refractivity contribution in [2.45, 2.75) is 18.7 Å². The molecule has 0 fully saturated rings. The van der Waals surface area contributed by atoms with E-state index in [1.165, 1.54) is 18.3 Å². The standard InChI is InChI=1S/C16H19ClN4O3S/c1-3-21(4-2)13-9-7-12(8-10-13)16(22)19-20-25(23,24)14-6-5-11-18-15(14)17/h5-11,20H,3-4H2,1-2H3,(H,19,22). The second-order valence-corrected chi connectivity index (χ2v) is 7.08. The normalized spacial score (nSPS) is 11.2. The van der Waals surface area contributed by atoms with E-state index in [0.717, 1.165) is 18.8 Å². The summed E-state index contributed by atoms with van der Waals surface area (Å²) in [4.78, 5) is 19.8. The first-order chi connectivity index (χ1) is 11.9. The Balaban J connectivity index is 2.06. The van der Waals surface area contributed by atoms with Gasteiger partial charge in [-0.1, -0.05) is 11.6 Å². The van der Waals surface area contributed by atoms with Crippen molar-refractivity contribution in [2.75, 3.05) is 18.0 Å². The highest BCUT2D eigenvalue weighted by molar-refractivity contribution is 7.89. The third kappa shape index (κ3) is 4.68. The summed E-state index contributed by atoms with van der Waals surface area (Å²) in [5.74, 6) is -0.574. The molecule has 0 aliphatic rings. The van der Waals surface area contributed by atoms with E-state index in [1.54, 1.807) is 12.1 Å². The predicted molar refractivity (Wildman–Crippen MR) is 97.0 cm³/mol. The van der Waals surface area contributed by atoms with E-state index in [1.807, 2.05) is 30.8 Å². The summed E-state index contributed by atoms with van der Waals surface area (Å²) in [6, 6.07) is 9.63. The van der Waals surface area contributed by atoms with Gasteiger partial charge < -0.3 is 4.90 Å². The Kier molecular flexibility index (Phi) is 6.35. The molecule has 25 heavy (non-hydrogen) atoms. The summed E-state index contributed by atoms with van der Waals surface area (Å²) < 4.78 is 24.3. The molecule has 0 aliphatic carbocycles. The van der Waals surface area contributed by atoms with Gasteiger partial charge in [-0.25, -0.2) is 13.4 Å². The maximum Gasteiger partial charge on any atom is 0.266 e. The highest BCUT2D eigenvalue weighted by Crippen LogP contribution is 2.17. The number of rotatable bonds is 7. The highest BCUT2D eigenvalue weighted by atomic mass is 35.5. The molecule has 2 N–H and O–H groups in total. The van der Waals surface area contributed by atoms with Gasteiger partial charge in [-0.3, -0.25) is 10.2 Å². The van der Waals surface area contributed by atoms with Crippen LogP contribution in [0.5, 0.6) is 0 Å². The van der Waals surface area contributed by atoms with Crippen LogP contribution in [0.15, 0.2) is 47.5 Å². The lowest BCUT2D eigenvalue weighted by Crippen LogP contribution is -2.41. The Morgan fingerprint density at radius 2 is 1.80 bits per heavy atom. The van der Waals surface area contributed by atoms with Crippen molar-refractivity contribution in [2.24, 2.45) is 0 Å². The number of amides is 1. The largest absolute Gasteiger partial charge is 0.372 e. The average molecular weight is 383 g/mol. The van der Waals surface area contributed by atoms with Gasteiger partial charge in [0.15, 0.2) is 0 Å². The lowest BCUT2D eigenvalue weighted by Gasteiger charge is -2.21. The minimum Gasteiger partial charge on any atom is -0.372 e. The smallest absolute Gasteiger partial charge is 0.266 e. The number of hydrazine groups is 1. The average Bonchev–Trinajstić information content (AvgIpc) is 2.61. The number of hydrogen-bond donors (Lipinski definition) is 2. The van der Waals surface area contributed by atoms with Gasteiger partial charge in [-0.05, 0) is 50.2 Å². The molecule has 0 spiro atoms. The number of sulfonamides is 1. The van der Waals surface area contributed by atoms with E-state index in [2.05, 4.69) is 15.3 Å². The van der Waals surface area contributed by atoms with E-state index >= 15 is 0 Å². The van der Waals surface area contributed by atoms with Crippen molar-refractivity contribution in [3.05, 3.63) is 53.3 Å². The molecule has 134 valence electrons. The van der Waals surface area contributed by atoms with Crippen molar-refractivity contribution >= 4 is 33.2 Å². The van der Waals surface area contributed by atoms with Gasteiger partial charge in [0.05, 0.1) is 0 Å². The molecule has 0 atom stereocenters. The zero-order valence-electron chi connectivity index (χ0n) is 13.9. The number of pyridine rings is 1. The summed E-state index contributed by atoms with van der Waals surface area (Å²) >= 11 is 5.77. The van der Waals surface area contributed by atoms with Crippen molar-refractivity contribution in [1.82, 2.24) is 15.2 Å². The molecule has 0 radical (unpaired) electrons. The molecule has 2 rings (SSSR count). The number of carbonyl (C=O) groups excluding carboxylic acids is 1. The molecule has 7 nitrogen and oxygen atoms in total. The van der Waals surface area contributed by atoms with Crippen LogP contribution in [0.25, 0.3) is 0 Å². The number of halogens is 1. The SMILES string of the molecule is CCN(CC)c1ccc(C(=O)NNS(=O)(=O)c2cccnc2Cl)cc1. The van der Waals surface area contributed by atoms with Crippen molar-refractivity contribution in [3.8, 4) is 0 Å². The molecule has 0 saturated carbocycles. The number of benzene rings is 1. The number of nitrogens with one attached hydrogen (secondary N) is 2. The number of anilines is 1.